The summed E-state index contributed by atoms with van der Waals surface area (Å²) in [6.45, 7) is 0. The van der Waals surface area contributed by atoms with E-state index in [1.165, 1.54) is 7.11 Å². The Balaban J connectivity index is 1.92. The molecule has 0 saturated carbocycles. The smallest absolute Gasteiger partial charge is 0.365 e. The molecule has 0 saturated heterocycles. The molecule has 1 aliphatic rings. The standard InChI is InChI=1S/C17H13N6O7/c1-29-17-19-16-13(20-21-17)9-4-2-3-5-11(9)18-15(30-16)10-6-8(22(25)26)7-12(14(10)24)23(27)28/h2-7,15H,1H3,(H3-,18,20,24,25,26,27,28)/q+1/p+1. The largest absolute Gasteiger partial charge is 0.502 e. The number of hydrogen-bond donors (Lipinski definition) is 4. The zero-order valence-electron chi connectivity index (χ0n) is 15.3. The first kappa shape index (κ1) is 18.8. The van der Waals surface area contributed by atoms with Crippen molar-refractivity contribution in [1.29, 1.82) is 0 Å². The molecule has 0 fully saturated rings. The predicted octanol–water partition coefficient (Wildman–Crippen LogP) is 2.36. The summed E-state index contributed by atoms with van der Waals surface area (Å²) in [6, 6.07) is 8.73. The molecule has 13 nitrogen and oxygen atoms in total. The zero-order valence-corrected chi connectivity index (χ0v) is 15.3. The van der Waals surface area contributed by atoms with Gasteiger partial charge in [0.1, 0.15) is 6.07 Å². The van der Waals surface area contributed by atoms with Crippen molar-refractivity contribution in [2.45, 2.75) is 6.23 Å². The number of methoxy groups -OCH3 is 1. The van der Waals surface area contributed by atoms with Gasteiger partial charge in [-0.2, -0.15) is 4.98 Å². The lowest BCUT2D eigenvalue weighted by Gasteiger charge is -2.19. The second kappa shape index (κ2) is 7.12. The Morgan fingerprint density at radius 2 is 1.90 bits per heavy atom. The van der Waals surface area contributed by atoms with E-state index in [-0.39, 0.29) is 23.1 Å². The Morgan fingerprint density at radius 1 is 1.13 bits per heavy atom. The minimum absolute atomic E-state index is 0.0124. The Kier molecular flexibility index (Phi) is 4.46. The molecule has 2 aromatic carbocycles. The fourth-order valence-corrected chi connectivity index (χ4v) is 2.96. The van der Waals surface area contributed by atoms with Crippen molar-refractivity contribution in [2.75, 3.05) is 12.4 Å². The minimum atomic E-state index is -1.22. The van der Waals surface area contributed by atoms with Gasteiger partial charge in [0.05, 0.1) is 22.5 Å². The van der Waals surface area contributed by atoms with Crippen LogP contribution in [0.3, 0.4) is 0 Å². The number of aromatic nitrogens is 3. The highest BCUT2D eigenvalue weighted by Crippen LogP contribution is 2.43. The van der Waals surface area contributed by atoms with Gasteiger partial charge >= 0.3 is 17.4 Å². The first-order valence-corrected chi connectivity index (χ1v) is 8.39. The van der Waals surface area contributed by atoms with Crippen molar-refractivity contribution < 1.29 is 34.8 Å². The highest BCUT2D eigenvalue weighted by Gasteiger charge is 2.35. The van der Waals surface area contributed by atoms with Crippen LogP contribution in [0.25, 0.3) is 11.3 Å². The van der Waals surface area contributed by atoms with E-state index in [9.17, 15) is 25.3 Å². The molecule has 152 valence electrons. The van der Waals surface area contributed by atoms with Crippen molar-refractivity contribution in [3.05, 3.63) is 51.8 Å². The molecule has 1 aliphatic heterocycles. The van der Waals surface area contributed by atoms with E-state index in [0.29, 0.717) is 11.3 Å². The third-order valence-electron chi connectivity index (χ3n) is 4.33. The Labute approximate surface area is 167 Å². The normalized spacial score (nSPS) is 14.4. The number of nitrogens with one attached hydrogen (secondary N) is 1. The molecular formula is C17H14N6O7+2. The molecule has 13 heteroatoms. The SMILES string of the molecule is COc1nnc2c(n1)OC(c1cc([N+](=O)O)cc([N+](=O)O)c1O)Nc1ccccc1-2. The first-order valence-electron chi connectivity index (χ1n) is 8.39. The van der Waals surface area contributed by atoms with Crippen LogP contribution in [-0.4, -0.2) is 47.7 Å². The van der Waals surface area contributed by atoms with Gasteiger partial charge in [0.2, 0.25) is 17.9 Å². The average Bonchev–Trinajstić information content (AvgIpc) is 2.89. The monoisotopic (exact) mass is 414 g/mol. The van der Waals surface area contributed by atoms with E-state index in [2.05, 4.69) is 20.5 Å². The van der Waals surface area contributed by atoms with Crippen molar-refractivity contribution in [3.8, 4) is 28.9 Å². The van der Waals surface area contributed by atoms with Gasteiger partial charge in [-0.05, 0) is 6.07 Å². The molecule has 0 bridgehead atoms. The van der Waals surface area contributed by atoms with Crippen molar-refractivity contribution in [2.24, 2.45) is 0 Å². The van der Waals surface area contributed by atoms with Gasteiger partial charge in [0, 0.05) is 17.3 Å². The van der Waals surface area contributed by atoms with E-state index < -0.39 is 33.2 Å². The molecule has 1 unspecified atom stereocenters. The second-order valence-corrected chi connectivity index (χ2v) is 6.09. The summed E-state index contributed by atoms with van der Waals surface area (Å²) in [5, 5.41) is 40.0. The van der Waals surface area contributed by atoms with Crippen molar-refractivity contribution in [1.82, 2.24) is 15.2 Å². The number of aromatic hydroxyl groups is 1. The Morgan fingerprint density at radius 3 is 2.60 bits per heavy atom. The number of nitrogens with zero attached hydrogens (tertiary/aromatic N) is 5. The number of phenols is 1. The number of hydrogen-bond acceptors (Lipinski definition) is 9. The highest BCUT2D eigenvalue weighted by atomic mass is 16.6. The Bertz CT molecular complexity index is 1190. The summed E-state index contributed by atoms with van der Waals surface area (Å²) in [4.78, 5) is 25.8. The molecule has 0 amide bonds. The van der Waals surface area contributed by atoms with Crippen LogP contribution in [0.1, 0.15) is 11.8 Å². The number of ether oxygens (including phenoxy) is 2. The lowest BCUT2D eigenvalue weighted by atomic mass is 10.1. The van der Waals surface area contributed by atoms with E-state index in [1.807, 2.05) is 0 Å². The molecule has 30 heavy (non-hydrogen) atoms. The predicted molar refractivity (Wildman–Crippen MR) is 97.1 cm³/mol. The number of phenolic OH excluding ortho intramolecular Hbond substituents is 1. The van der Waals surface area contributed by atoms with Crippen LogP contribution >= 0.6 is 0 Å². The molecule has 0 spiro atoms. The van der Waals surface area contributed by atoms with Crippen LogP contribution in [0.5, 0.6) is 17.6 Å². The van der Waals surface area contributed by atoms with Gasteiger partial charge in [-0.1, -0.05) is 23.3 Å². The van der Waals surface area contributed by atoms with E-state index in [1.54, 1.807) is 24.3 Å². The molecule has 3 aromatic rings. The van der Waals surface area contributed by atoms with Gasteiger partial charge in [-0.15, -0.1) is 5.10 Å². The van der Waals surface area contributed by atoms with Gasteiger partial charge in [-0.3, -0.25) is 0 Å². The first-order chi connectivity index (χ1) is 14.4. The molecule has 0 aliphatic carbocycles. The molecular weight excluding hydrogens is 400 g/mol. The van der Waals surface area contributed by atoms with Crippen LogP contribution in [0.4, 0.5) is 17.1 Å². The molecule has 4 N–H and O–H groups in total. The van der Waals surface area contributed by atoms with Crippen LogP contribution in [0, 0.1) is 9.81 Å². The van der Waals surface area contributed by atoms with Crippen LogP contribution in [0.2, 0.25) is 0 Å². The third kappa shape index (κ3) is 3.13. The molecule has 1 atom stereocenters. The van der Waals surface area contributed by atoms with Crippen molar-refractivity contribution >= 4 is 17.1 Å². The third-order valence-corrected chi connectivity index (χ3v) is 4.33. The van der Waals surface area contributed by atoms with E-state index in [0.717, 1.165) is 12.1 Å². The number of anilines is 1. The summed E-state index contributed by atoms with van der Waals surface area (Å²) in [7, 11) is 1.35. The second-order valence-electron chi connectivity index (χ2n) is 6.09. The summed E-state index contributed by atoms with van der Waals surface area (Å²) >= 11 is 0. The fraction of sp³-hybridized carbons (Fsp3) is 0.118. The van der Waals surface area contributed by atoms with Crippen LogP contribution in [0.15, 0.2) is 36.4 Å². The number of benzene rings is 2. The molecule has 4 rings (SSSR count). The number of fused-ring (bicyclic) bond motifs is 3. The van der Waals surface area contributed by atoms with Gasteiger partial charge in [-0.25, -0.2) is 10.4 Å². The van der Waals surface area contributed by atoms with E-state index >= 15 is 0 Å². The Hall–Kier alpha value is -4.55. The van der Waals surface area contributed by atoms with Crippen LogP contribution < -0.4 is 14.8 Å². The minimum Gasteiger partial charge on any atom is -0.502 e. The average molecular weight is 414 g/mol. The summed E-state index contributed by atoms with van der Waals surface area (Å²) in [5.41, 5.74) is 0.104. The number of rotatable bonds is 4. The van der Waals surface area contributed by atoms with Gasteiger partial charge in [0.15, 0.2) is 5.69 Å². The molecule has 0 radical (unpaired) electrons. The maximum absolute atomic E-state index is 11.4. The summed E-state index contributed by atoms with van der Waals surface area (Å²) < 4.78 is 10.8. The lowest BCUT2D eigenvalue weighted by Crippen LogP contribution is -2.18. The lowest BCUT2D eigenvalue weighted by molar-refractivity contribution is -0.735. The molecule has 1 aromatic heterocycles. The maximum Gasteiger partial charge on any atom is 0.365 e. The quantitative estimate of drug-likeness (QED) is 0.462. The topological polar surface area (TPSA) is 170 Å². The van der Waals surface area contributed by atoms with Gasteiger partial charge < -0.3 is 19.9 Å². The summed E-state index contributed by atoms with van der Waals surface area (Å²) in [5.74, 6) is -0.702. The number of para-hydroxylation sites is 1. The highest BCUT2D eigenvalue weighted by molar-refractivity contribution is 5.79. The van der Waals surface area contributed by atoms with Crippen LogP contribution in [-0.2, 0) is 0 Å². The maximum atomic E-state index is 11.4. The zero-order chi connectivity index (χ0) is 21.4. The van der Waals surface area contributed by atoms with E-state index in [4.69, 9.17) is 9.47 Å². The summed E-state index contributed by atoms with van der Waals surface area (Å²) in [6.07, 6.45) is -1.22. The van der Waals surface area contributed by atoms with Gasteiger partial charge in [0.25, 0.3) is 9.85 Å². The fourth-order valence-electron chi connectivity index (χ4n) is 2.96. The van der Waals surface area contributed by atoms with Crippen molar-refractivity contribution in [3.63, 3.8) is 0 Å². The molecule has 2 heterocycles.